The minimum absolute atomic E-state index is 0.172. The number of rotatable bonds is 7. The lowest BCUT2D eigenvalue weighted by atomic mass is 9.67. The molecule has 14 rings (SSSR count). The number of para-hydroxylation sites is 2. The van der Waals surface area contributed by atoms with Gasteiger partial charge in [0.2, 0.25) is 0 Å². The Kier molecular flexibility index (Phi) is 8.54. The second kappa shape index (κ2) is 14.9. The lowest BCUT2D eigenvalue weighted by Gasteiger charge is -2.35. The maximum absolute atomic E-state index is 2.51. The molecule has 0 saturated carbocycles. The van der Waals surface area contributed by atoms with E-state index in [0.29, 0.717) is 0 Å². The molecule has 2 heterocycles. The first-order valence-corrected chi connectivity index (χ1v) is 24.1. The lowest BCUT2D eigenvalue weighted by Crippen LogP contribution is -2.28. The van der Waals surface area contributed by atoms with Crippen molar-refractivity contribution in [2.24, 2.45) is 0 Å². The number of hydrogen-bond donors (Lipinski definition) is 0. The first-order valence-electron chi connectivity index (χ1n) is 24.1. The first-order chi connectivity index (χ1) is 34.0. The summed E-state index contributed by atoms with van der Waals surface area (Å²) in [5.41, 5.74) is 21.4. The van der Waals surface area contributed by atoms with E-state index < -0.39 is 5.41 Å². The zero-order chi connectivity index (χ0) is 45.8. The predicted octanol–water partition coefficient (Wildman–Crippen LogP) is 16.9. The smallest absolute Gasteiger partial charge is 0.0714 e. The van der Waals surface area contributed by atoms with Crippen molar-refractivity contribution in [1.82, 2.24) is 9.13 Å². The minimum atomic E-state index is -0.538. The van der Waals surface area contributed by atoms with Crippen LogP contribution in [-0.2, 0) is 10.8 Å². The van der Waals surface area contributed by atoms with Crippen molar-refractivity contribution in [3.8, 4) is 33.6 Å². The van der Waals surface area contributed by atoms with Gasteiger partial charge in [-0.25, -0.2) is 0 Å². The number of hydrogen-bond acceptors (Lipinski definition) is 1. The van der Waals surface area contributed by atoms with Gasteiger partial charge in [0.1, 0.15) is 0 Å². The number of nitrogens with zero attached hydrogens (tertiary/aromatic N) is 3. The van der Waals surface area contributed by atoms with E-state index >= 15 is 0 Å². The summed E-state index contributed by atoms with van der Waals surface area (Å²) >= 11 is 0. The lowest BCUT2D eigenvalue weighted by molar-refractivity contribution is 0.660. The van der Waals surface area contributed by atoms with Crippen LogP contribution in [0.2, 0.25) is 0 Å². The molecule has 10 aromatic carbocycles. The van der Waals surface area contributed by atoms with Gasteiger partial charge in [-0.2, -0.15) is 0 Å². The number of benzene rings is 10. The van der Waals surface area contributed by atoms with Crippen LogP contribution in [0.1, 0.15) is 47.2 Å². The molecule has 0 bridgehead atoms. The van der Waals surface area contributed by atoms with Crippen LogP contribution >= 0.6 is 0 Å². The highest BCUT2D eigenvalue weighted by Gasteiger charge is 2.46. The van der Waals surface area contributed by atoms with E-state index in [9.17, 15) is 0 Å². The fourth-order valence-corrected chi connectivity index (χ4v) is 12.3. The number of fused-ring (bicyclic) bond motifs is 10. The number of anilines is 3. The predicted molar refractivity (Wildman–Crippen MR) is 287 cm³/mol. The fourth-order valence-electron chi connectivity index (χ4n) is 12.3. The van der Waals surface area contributed by atoms with Gasteiger partial charge < -0.3 is 14.0 Å². The molecule has 2 aliphatic rings. The maximum atomic E-state index is 2.51. The van der Waals surface area contributed by atoms with Crippen molar-refractivity contribution >= 4 is 49.8 Å². The van der Waals surface area contributed by atoms with Gasteiger partial charge in [-0.3, -0.25) is 0 Å². The SMILES string of the molecule is CC1(C)c2ccccc2-c2ccc(N(c3ccc4c(c3)C(c3ccccc3)(c3ccccc3)c3ccccc3-4)c3ccc4c(c3)c3cc5c(ccn5-c5ccccc5)cc3n4-c3ccccc3)cc21. The van der Waals surface area contributed by atoms with Crippen LogP contribution in [0.4, 0.5) is 17.1 Å². The average Bonchev–Trinajstić information content (AvgIpc) is 4.12. The summed E-state index contributed by atoms with van der Waals surface area (Å²) in [4.78, 5) is 2.51. The third kappa shape index (κ3) is 5.68. The summed E-state index contributed by atoms with van der Waals surface area (Å²) in [7, 11) is 0. The van der Waals surface area contributed by atoms with Crippen molar-refractivity contribution in [2.75, 3.05) is 4.90 Å². The van der Waals surface area contributed by atoms with Gasteiger partial charge in [0, 0.05) is 56.2 Å². The second-order valence-corrected chi connectivity index (χ2v) is 19.3. The highest BCUT2D eigenvalue weighted by atomic mass is 15.1. The van der Waals surface area contributed by atoms with Crippen molar-refractivity contribution in [1.29, 1.82) is 0 Å². The monoisotopic (exact) mass is 881 g/mol. The van der Waals surface area contributed by atoms with Gasteiger partial charge in [0.05, 0.1) is 22.0 Å². The Bertz CT molecular complexity index is 3930. The zero-order valence-electron chi connectivity index (χ0n) is 38.5. The topological polar surface area (TPSA) is 13.1 Å². The molecule has 0 atom stereocenters. The molecule has 0 unspecified atom stereocenters. The Morgan fingerprint density at radius 1 is 0.348 bits per heavy atom. The summed E-state index contributed by atoms with van der Waals surface area (Å²) in [6.45, 7) is 4.76. The van der Waals surface area contributed by atoms with Crippen molar-refractivity contribution in [2.45, 2.75) is 24.7 Å². The largest absolute Gasteiger partial charge is 0.317 e. The van der Waals surface area contributed by atoms with E-state index in [1.165, 1.54) is 88.3 Å². The molecule has 12 aromatic rings. The normalized spacial score (nSPS) is 13.9. The second-order valence-electron chi connectivity index (χ2n) is 19.3. The third-order valence-electron chi connectivity index (χ3n) is 15.4. The van der Waals surface area contributed by atoms with E-state index in [1.54, 1.807) is 0 Å². The average molecular weight is 882 g/mol. The molecule has 3 heteroatoms. The highest BCUT2D eigenvalue weighted by Crippen LogP contribution is 2.58. The molecule has 0 amide bonds. The van der Waals surface area contributed by atoms with Gasteiger partial charge in [-0.05, 0) is 141 Å². The van der Waals surface area contributed by atoms with E-state index in [4.69, 9.17) is 0 Å². The van der Waals surface area contributed by atoms with Crippen molar-refractivity contribution in [3.05, 3.63) is 282 Å². The Morgan fingerprint density at radius 3 is 1.51 bits per heavy atom. The standard InChI is InChI=1S/C66H47N3/c1-65(2)58-29-17-15-27-52(58)54-34-31-50(41-60(54)65)68(51-32-35-55-53-28-16-18-30-59(53)66(61(55)42-51,45-19-7-3-8-20-45)46-21-9-4-10-22-46)49-33-36-62-56(40-49)57-43-63-44(37-38-67(63)47-23-11-5-12-24-47)39-64(57)69(62)48-25-13-6-14-26-48/h3-43H,1-2H3. The molecule has 0 aliphatic heterocycles. The maximum Gasteiger partial charge on any atom is 0.0714 e. The van der Waals surface area contributed by atoms with E-state index in [0.717, 1.165) is 28.4 Å². The van der Waals surface area contributed by atoms with Gasteiger partial charge in [0.15, 0.2) is 0 Å². The van der Waals surface area contributed by atoms with Crippen molar-refractivity contribution < 1.29 is 0 Å². The van der Waals surface area contributed by atoms with Crippen LogP contribution in [-0.4, -0.2) is 9.13 Å². The molecule has 3 nitrogen and oxygen atoms in total. The first kappa shape index (κ1) is 39.5. The zero-order valence-corrected chi connectivity index (χ0v) is 38.5. The van der Waals surface area contributed by atoms with Gasteiger partial charge in [-0.1, -0.05) is 172 Å². The number of aromatic nitrogens is 2. The van der Waals surface area contributed by atoms with Gasteiger partial charge in [0.25, 0.3) is 0 Å². The van der Waals surface area contributed by atoms with Crippen LogP contribution in [0, 0.1) is 0 Å². The molecule has 0 radical (unpaired) electrons. The van der Waals surface area contributed by atoms with Crippen LogP contribution in [0.3, 0.4) is 0 Å². The Labute approximate surface area is 402 Å². The summed E-state index contributed by atoms with van der Waals surface area (Å²) in [6, 6.07) is 90.2. The highest BCUT2D eigenvalue weighted by molar-refractivity contribution is 6.14. The minimum Gasteiger partial charge on any atom is -0.317 e. The summed E-state index contributed by atoms with van der Waals surface area (Å²) < 4.78 is 4.75. The molecule has 0 N–H and O–H groups in total. The Balaban J connectivity index is 1.05. The molecule has 2 aromatic heterocycles. The van der Waals surface area contributed by atoms with Crippen molar-refractivity contribution in [3.63, 3.8) is 0 Å². The molecule has 326 valence electrons. The van der Waals surface area contributed by atoms with Gasteiger partial charge >= 0.3 is 0 Å². The summed E-state index contributed by atoms with van der Waals surface area (Å²) in [5, 5.41) is 3.61. The van der Waals surface area contributed by atoms with Crippen LogP contribution in [0.15, 0.2) is 249 Å². The molecule has 0 fully saturated rings. The Morgan fingerprint density at radius 2 is 0.841 bits per heavy atom. The van der Waals surface area contributed by atoms with E-state index in [2.05, 4.69) is 277 Å². The summed E-state index contributed by atoms with van der Waals surface area (Å²) in [5.74, 6) is 0. The van der Waals surface area contributed by atoms with E-state index in [-0.39, 0.29) is 5.41 Å². The van der Waals surface area contributed by atoms with Crippen LogP contribution in [0.25, 0.3) is 66.3 Å². The quantitative estimate of drug-likeness (QED) is 0.155. The molecule has 0 spiro atoms. The molecular formula is C66H47N3. The molecule has 2 aliphatic carbocycles. The Hall–Kier alpha value is -8.66. The fraction of sp³-hybridized carbons (Fsp3) is 0.0606. The third-order valence-corrected chi connectivity index (χ3v) is 15.4. The van der Waals surface area contributed by atoms with Gasteiger partial charge in [-0.15, -0.1) is 0 Å². The molecule has 0 saturated heterocycles. The van der Waals surface area contributed by atoms with Crippen LogP contribution in [0.5, 0.6) is 0 Å². The molecular weight excluding hydrogens is 835 g/mol. The van der Waals surface area contributed by atoms with E-state index in [1.807, 2.05) is 0 Å². The van der Waals surface area contributed by atoms with Crippen LogP contribution < -0.4 is 4.90 Å². The molecule has 69 heavy (non-hydrogen) atoms. The summed E-state index contributed by atoms with van der Waals surface area (Å²) in [6.07, 6.45) is 2.20.